The second kappa shape index (κ2) is 5.72. The Morgan fingerprint density at radius 1 is 1.44 bits per heavy atom. The Morgan fingerprint density at radius 2 is 2.25 bits per heavy atom. The molecule has 1 aliphatic rings. The highest BCUT2D eigenvalue weighted by Gasteiger charge is 2.09. The van der Waals surface area contributed by atoms with E-state index in [9.17, 15) is 0 Å². The van der Waals surface area contributed by atoms with E-state index in [4.69, 9.17) is 15.2 Å². The first-order valence-corrected chi connectivity index (χ1v) is 5.55. The molecule has 0 unspecified atom stereocenters. The maximum absolute atomic E-state index is 5.65. The molecule has 4 nitrogen and oxygen atoms in total. The van der Waals surface area contributed by atoms with E-state index in [0.717, 1.165) is 32.8 Å². The van der Waals surface area contributed by atoms with Crippen LogP contribution in [0.2, 0.25) is 0 Å². The second-order valence-corrected chi connectivity index (χ2v) is 3.79. The predicted octanol–water partition coefficient (Wildman–Crippen LogP) is 0.780. The Hall–Kier alpha value is -1.26. The minimum atomic E-state index is 0.667. The third-order valence-electron chi connectivity index (χ3n) is 2.57. The minimum Gasteiger partial charge on any atom is -0.492 e. The highest BCUT2D eigenvalue weighted by atomic mass is 16.5. The average Bonchev–Trinajstić information content (AvgIpc) is 2.30. The third-order valence-corrected chi connectivity index (χ3v) is 2.57. The minimum absolute atomic E-state index is 0.667. The average molecular weight is 221 g/mol. The van der Waals surface area contributed by atoms with Crippen molar-refractivity contribution in [2.45, 2.75) is 0 Å². The molecule has 0 aromatic heterocycles. The van der Waals surface area contributed by atoms with Gasteiger partial charge in [0.1, 0.15) is 12.4 Å². The molecular formula is C12H17N2O2. The van der Waals surface area contributed by atoms with Gasteiger partial charge in [0.15, 0.2) is 0 Å². The van der Waals surface area contributed by atoms with Crippen LogP contribution in [0, 0.1) is 6.07 Å². The summed E-state index contributed by atoms with van der Waals surface area (Å²) in [4.78, 5) is 2.33. The summed E-state index contributed by atoms with van der Waals surface area (Å²) in [6.45, 7) is 5.22. The van der Waals surface area contributed by atoms with Crippen molar-refractivity contribution in [3.8, 4) is 5.75 Å². The molecule has 4 heteroatoms. The SMILES string of the molecule is Nc1cc[c]c(OCCN2CCOCC2)c1. The van der Waals surface area contributed by atoms with Crippen molar-refractivity contribution in [1.82, 2.24) is 4.90 Å². The number of anilines is 1. The van der Waals surface area contributed by atoms with E-state index < -0.39 is 0 Å². The largest absolute Gasteiger partial charge is 0.492 e. The van der Waals surface area contributed by atoms with Crippen molar-refractivity contribution >= 4 is 5.69 Å². The molecule has 1 aromatic rings. The van der Waals surface area contributed by atoms with Crippen molar-refractivity contribution in [1.29, 1.82) is 0 Å². The number of hydrogen-bond acceptors (Lipinski definition) is 4. The summed E-state index contributed by atoms with van der Waals surface area (Å²) in [6, 6.07) is 8.37. The van der Waals surface area contributed by atoms with E-state index in [-0.39, 0.29) is 0 Å². The van der Waals surface area contributed by atoms with Crippen LogP contribution in [0.25, 0.3) is 0 Å². The van der Waals surface area contributed by atoms with Crippen LogP contribution in [0.15, 0.2) is 18.2 Å². The number of ether oxygens (including phenoxy) is 2. The monoisotopic (exact) mass is 221 g/mol. The molecule has 2 rings (SSSR count). The van der Waals surface area contributed by atoms with Crippen molar-refractivity contribution in [2.75, 3.05) is 45.2 Å². The van der Waals surface area contributed by atoms with Crippen molar-refractivity contribution in [3.63, 3.8) is 0 Å². The highest BCUT2D eigenvalue weighted by Crippen LogP contribution is 2.13. The Kier molecular flexibility index (Phi) is 4.02. The molecule has 1 radical (unpaired) electrons. The van der Waals surface area contributed by atoms with Gasteiger partial charge in [-0.1, -0.05) is 0 Å². The molecule has 0 aliphatic carbocycles. The predicted molar refractivity (Wildman–Crippen MR) is 62.4 cm³/mol. The van der Waals surface area contributed by atoms with Gasteiger partial charge in [-0.2, -0.15) is 0 Å². The maximum atomic E-state index is 5.65. The lowest BCUT2D eigenvalue weighted by atomic mass is 10.3. The van der Waals surface area contributed by atoms with Crippen LogP contribution in [-0.2, 0) is 4.74 Å². The van der Waals surface area contributed by atoms with Gasteiger partial charge in [-0.15, -0.1) is 0 Å². The van der Waals surface area contributed by atoms with E-state index >= 15 is 0 Å². The Labute approximate surface area is 95.9 Å². The van der Waals surface area contributed by atoms with Crippen LogP contribution in [-0.4, -0.2) is 44.4 Å². The molecule has 87 valence electrons. The van der Waals surface area contributed by atoms with Gasteiger partial charge in [0.05, 0.1) is 13.2 Å². The molecule has 0 spiro atoms. The van der Waals surface area contributed by atoms with Crippen molar-refractivity contribution < 1.29 is 9.47 Å². The van der Waals surface area contributed by atoms with E-state index in [2.05, 4.69) is 11.0 Å². The summed E-state index contributed by atoms with van der Waals surface area (Å²) < 4.78 is 10.8. The van der Waals surface area contributed by atoms with Crippen LogP contribution < -0.4 is 10.5 Å². The standard InChI is InChI=1S/C12H17N2O2/c13-11-2-1-3-12(10-11)16-9-6-14-4-7-15-8-5-14/h1-2,10H,4-9,13H2. The van der Waals surface area contributed by atoms with Crippen LogP contribution in [0.4, 0.5) is 5.69 Å². The molecular weight excluding hydrogens is 204 g/mol. The quantitative estimate of drug-likeness (QED) is 0.763. The topological polar surface area (TPSA) is 47.7 Å². The van der Waals surface area contributed by atoms with Crippen molar-refractivity contribution in [2.24, 2.45) is 0 Å². The zero-order valence-corrected chi connectivity index (χ0v) is 9.32. The van der Waals surface area contributed by atoms with Crippen LogP contribution in [0.3, 0.4) is 0 Å². The fourth-order valence-corrected chi connectivity index (χ4v) is 1.65. The first-order chi connectivity index (χ1) is 7.84. The summed E-state index contributed by atoms with van der Waals surface area (Å²) in [6.07, 6.45) is 0. The van der Waals surface area contributed by atoms with E-state index in [1.165, 1.54) is 0 Å². The molecule has 16 heavy (non-hydrogen) atoms. The molecule has 0 amide bonds. The van der Waals surface area contributed by atoms with Gasteiger partial charge in [0.2, 0.25) is 0 Å². The smallest absolute Gasteiger partial charge is 0.129 e. The normalized spacial score (nSPS) is 17.2. The van der Waals surface area contributed by atoms with Gasteiger partial charge in [-0.3, -0.25) is 4.90 Å². The Morgan fingerprint density at radius 3 is 3.00 bits per heavy atom. The fourth-order valence-electron chi connectivity index (χ4n) is 1.65. The van der Waals surface area contributed by atoms with Gasteiger partial charge in [0, 0.05) is 37.5 Å². The van der Waals surface area contributed by atoms with E-state index in [0.29, 0.717) is 18.0 Å². The van der Waals surface area contributed by atoms with Gasteiger partial charge in [0.25, 0.3) is 0 Å². The summed E-state index contributed by atoms with van der Waals surface area (Å²) in [7, 11) is 0. The molecule has 1 aliphatic heterocycles. The van der Waals surface area contributed by atoms with Crippen molar-refractivity contribution in [3.05, 3.63) is 24.3 Å². The number of benzene rings is 1. The lowest BCUT2D eigenvalue weighted by molar-refractivity contribution is 0.0322. The molecule has 1 heterocycles. The molecule has 0 bridgehead atoms. The fraction of sp³-hybridized carbons (Fsp3) is 0.500. The first-order valence-electron chi connectivity index (χ1n) is 5.55. The second-order valence-electron chi connectivity index (χ2n) is 3.79. The van der Waals surface area contributed by atoms with Gasteiger partial charge in [-0.05, 0) is 12.1 Å². The molecule has 1 aromatic carbocycles. The number of nitrogens with two attached hydrogens (primary N) is 1. The van der Waals surface area contributed by atoms with E-state index in [1.54, 1.807) is 18.2 Å². The number of nitrogen functional groups attached to an aromatic ring is 1. The van der Waals surface area contributed by atoms with Gasteiger partial charge >= 0.3 is 0 Å². The maximum Gasteiger partial charge on any atom is 0.129 e. The van der Waals surface area contributed by atoms with Crippen LogP contribution in [0.1, 0.15) is 0 Å². The highest BCUT2D eigenvalue weighted by molar-refractivity contribution is 5.42. The molecule has 1 saturated heterocycles. The Balaban J connectivity index is 1.71. The van der Waals surface area contributed by atoms with E-state index in [1.807, 2.05) is 0 Å². The lowest BCUT2D eigenvalue weighted by Gasteiger charge is -2.26. The Bertz CT molecular complexity index is 325. The number of nitrogens with zero attached hydrogens (tertiary/aromatic N) is 1. The summed E-state index contributed by atoms with van der Waals surface area (Å²) in [5.41, 5.74) is 6.35. The summed E-state index contributed by atoms with van der Waals surface area (Å²) in [5.74, 6) is 0.716. The first kappa shape index (κ1) is 11.2. The lowest BCUT2D eigenvalue weighted by Crippen LogP contribution is -2.38. The summed E-state index contributed by atoms with van der Waals surface area (Å²) in [5, 5.41) is 0. The third kappa shape index (κ3) is 3.40. The number of morpholine rings is 1. The number of hydrogen-bond donors (Lipinski definition) is 1. The molecule has 0 atom stereocenters. The molecule has 0 saturated carbocycles. The zero-order valence-electron chi connectivity index (χ0n) is 9.32. The van der Waals surface area contributed by atoms with Gasteiger partial charge < -0.3 is 15.2 Å². The number of rotatable bonds is 4. The summed E-state index contributed by atoms with van der Waals surface area (Å²) >= 11 is 0. The van der Waals surface area contributed by atoms with Crippen LogP contribution >= 0.6 is 0 Å². The molecule has 1 fully saturated rings. The van der Waals surface area contributed by atoms with Gasteiger partial charge in [-0.25, -0.2) is 0 Å². The molecule has 2 N–H and O–H groups in total. The van der Waals surface area contributed by atoms with Crippen LogP contribution in [0.5, 0.6) is 5.75 Å². The zero-order chi connectivity index (χ0) is 11.2.